The maximum Gasteiger partial charge on any atom is 0.124 e. The van der Waals surface area contributed by atoms with Crippen LogP contribution in [0.25, 0.3) is 11.1 Å². The zero-order valence-corrected chi connectivity index (χ0v) is 11.4. The summed E-state index contributed by atoms with van der Waals surface area (Å²) in [4.78, 5) is 0. The molecule has 0 saturated heterocycles. The van der Waals surface area contributed by atoms with E-state index < -0.39 is 0 Å². The van der Waals surface area contributed by atoms with Crippen molar-refractivity contribution in [2.24, 2.45) is 0 Å². The SMILES string of the molecule is Oc1cccc(Cl)c1-c1ccc(Cl)c(Cl)c1Cl. The zero-order chi connectivity index (χ0) is 12.6. The molecule has 1 N–H and O–H groups in total. The molecule has 0 atom stereocenters. The second-order valence-electron chi connectivity index (χ2n) is 3.36. The third kappa shape index (κ3) is 2.34. The highest BCUT2D eigenvalue weighted by Gasteiger charge is 2.15. The molecular formula is C12H6Cl4O. The number of hydrogen-bond acceptors (Lipinski definition) is 1. The Morgan fingerprint density at radius 2 is 1.47 bits per heavy atom. The van der Waals surface area contributed by atoms with Gasteiger partial charge in [0.15, 0.2) is 0 Å². The largest absolute Gasteiger partial charge is 0.507 e. The summed E-state index contributed by atoms with van der Waals surface area (Å²) < 4.78 is 0. The molecule has 0 amide bonds. The summed E-state index contributed by atoms with van der Waals surface area (Å²) in [6.45, 7) is 0. The Kier molecular flexibility index (Phi) is 3.74. The van der Waals surface area contributed by atoms with E-state index in [-0.39, 0.29) is 15.8 Å². The van der Waals surface area contributed by atoms with Crippen LogP contribution in [0.3, 0.4) is 0 Å². The fraction of sp³-hybridized carbons (Fsp3) is 0. The lowest BCUT2D eigenvalue weighted by Gasteiger charge is -2.10. The highest BCUT2D eigenvalue weighted by molar-refractivity contribution is 6.49. The van der Waals surface area contributed by atoms with Gasteiger partial charge in [-0.15, -0.1) is 0 Å². The summed E-state index contributed by atoms with van der Waals surface area (Å²) in [7, 11) is 0. The first kappa shape index (κ1) is 12.8. The topological polar surface area (TPSA) is 20.2 Å². The molecule has 0 fully saturated rings. The highest BCUT2D eigenvalue weighted by atomic mass is 35.5. The van der Waals surface area contributed by atoms with Crippen LogP contribution >= 0.6 is 46.4 Å². The van der Waals surface area contributed by atoms with E-state index in [9.17, 15) is 5.11 Å². The van der Waals surface area contributed by atoms with Gasteiger partial charge in [0, 0.05) is 11.1 Å². The van der Waals surface area contributed by atoms with Gasteiger partial charge in [0.2, 0.25) is 0 Å². The van der Waals surface area contributed by atoms with Crippen LogP contribution in [0.5, 0.6) is 5.75 Å². The number of hydrogen-bond donors (Lipinski definition) is 1. The first-order chi connectivity index (χ1) is 8.02. The van der Waals surface area contributed by atoms with Crippen molar-refractivity contribution in [2.75, 3.05) is 0 Å². The molecule has 0 aromatic heterocycles. The first-order valence-corrected chi connectivity index (χ1v) is 6.15. The van der Waals surface area contributed by atoms with Gasteiger partial charge in [-0.3, -0.25) is 0 Å². The summed E-state index contributed by atoms with van der Waals surface area (Å²) in [5.74, 6) is 0.0396. The van der Waals surface area contributed by atoms with Crippen molar-refractivity contribution in [1.29, 1.82) is 0 Å². The number of benzene rings is 2. The van der Waals surface area contributed by atoms with E-state index in [4.69, 9.17) is 46.4 Å². The second kappa shape index (κ2) is 4.95. The van der Waals surface area contributed by atoms with Gasteiger partial charge in [-0.2, -0.15) is 0 Å². The van der Waals surface area contributed by atoms with Crippen LogP contribution in [0.2, 0.25) is 20.1 Å². The summed E-state index contributed by atoms with van der Waals surface area (Å²) in [6.07, 6.45) is 0. The molecule has 0 saturated carbocycles. The van der Waals surface area contributed by atoms with Crippen molar-refractivity contribution >= 4 is 46.4 Å². The van der Waals surface area contributed by atoms with Crippen LogP contribution in [0, 0.1) is 0 Å². The van der Waals surface area contributed by atoms with Gasteiger partial charge in [0.25, 0.3) is 0 Å². The van der Waals surface area contributed by atoms with Crippen LogP contribution in [-0.2, 0) is 0 Å². The fourth-order valence-corrected chi connectivity index (χ4v) is 2.40. The van der Waals surface area contributed by atoms with Gasteiger partial charge >= 0.3 is 0 Å². The predicted octanol–water partition coefficient (Wildman–Crippen LogP) is 5.67. The Bertz CT molecular complexity index is 561. The van der Waals surface area contributed by atoms with Gasteiger partial charge in [-0.25, -0.2) is 0 Å². The highest BCUT2D eigenvalue weighted by Crippen LogP contribution is 2.43. The van der Waals surface area contributed by atoms with Gasteiger partial charge in [0.05, 0.1) is 20.1 Å². The molecule has 5 heteroatoms. The molecule has 1 nitrogen and oxygen atoms in total. The third-order valence-electron chi connectivity index (χ3n) is 2.30. The monoisotopic (exact) mass is 306 g/mol. The maximum atomic E-state index is 9.81. The lowest BCUT2D eigenvalue weighted by Crippen LogP contribution is -1.84. The molecule has 2 aromatic rings. The molecule has 88 valence electrons. The molecule has 17 heavy (non-hydrogen) atoms. The van der Waals surface area contributed by atoms with Gasteiger partial charge in [-0.05, 0) is 18.2 Å². The minimum atomic E-state index is 0.0396. The van der Waals surface area contributed by atoms with E-state index in [1.165, 1.54) is 6.07 Å². The lowest BCUT2D eigenvalue weighted by molar-refractivity contribution is 0.477. The standard InChI is InChI=1S/C12H6Cl4O/c13-7-2-1-3-9(17)10(7)6-4-5-8(14)12(16)11(6)15/h1-5,17H. The summed E-state index contributed by atoms with van der Waals surface area (Å²) in [5, 5.41) is 11.1. The Morgan fingerprint density at radius 3 is 2.12 bits per heavy atom. The molecule has 0 bridgehead atoms. The van der Waals surface area contributed by atoms with Crippen molar-refractivity contribution in [1.82, 2.24) is 0 Å². The number of aromatic hydroxyl groups is 1. The molecule has 0 aliphatic heterocycles. The van der Waals surface area contributed by atoms with Gasteiger partial charge in [0.1, 0.15) is 5.75 Å². The molecule has 0 aliphatic carbocycles. The Hall–Kier alpha value is -0.600. The average molecular weight is 308 g/mol. The van der Waals surface area contributed by atoms with Crippen molar-refractivity contribution < 1.29 is 5.11 Å². The van der Waals surface area contributed by atoms with Gasteiger partial charge in [-0.1, -0.05) is 58.5 Å². The van der Waals surface area contributed by atoms with E-state index in [2.05, 4.69) is 0 Å². The predicted molar refractivity (Wildman–Crippen MR) is 73.6 cm³/mol. The lowest BCUT2D eigenvalue weighted by atomic mass is 10.0. The molecule has 0 unspecified atom stereocenters. The van der Waals surface area contributed by atoms with E-state index in [1.54, 1.807) is 24.3 Å². The van der Waals surface area contributed by atoms with Crippen molar-refractivity contribution in [3.63, 3.8) is 0 Å². The first-order valence-electron chi connectivity index (χ1n) is 4.63. The normalized spacial score (nSPS) is 10.6. The molecule has 0 heterocycles. The molecule has 2 rings (SSSR count). The summed E-state index contributed by atoms with van der Waals surface area (Å²) >= 11 is 23.9. The molecule has 0 spiro atoms. The van der Waals surface area contributed by atoms with Crippen LogP contribution < -0.4 is 0 Å². The van der Waals surface area contributed by atoms with Crippen LogP contribution in [-0.4, -0.2) is 5.11 Å². The Labute approximate surface area is 118 Å². The van der Waals surface area contributed by atoms with E-state index in [0.717, 1.165) is 0 Å². The second-order valence-corrected chi connectivity index (χ2v) is 4.93. The molecule has 0 aliphatic rings. The minimum absolute atomic E-state index is 0.0396. The van der Waals surface area contributed by atoms with Crippen molar-refractivity contribution in [3.8, 4) is 16.9 Å². The summed E-state index contributed by atoms with van der Waals surface area (Å²) in [5.41, 5.74) is 0.988. The van der Waals surface area contributed by atoms with E-state index in [1.807, 2.05) is 0 Å². The zero-order valence-electron chi connectivity index (χ0n) is 8.35. The van der Waals surface area contributed by atoms with E-state index >= 15 is 0 Å². The van der Waals surface area contributed by atoms with Crippen LogP contribution in [0.15, 0.2) is 30.3 Å². The number of halogens is 4. The number of rotatable bonds is 1. The van der Waals surface area contributed by atoms with Crippen LogP contribution in [0.1, 0.15) is 0 Å². The van der Waals surface area contributed by atoms with Crippen molar-refractivity contribution in [3.05, 3.63) is 50.4 Å². The third-order valence-corrected chi connectivity index (χ3v) is 3.90. The Morgan fingerprint density at radius 1 is 0.765 bits per heavy atom. The Balaban J connectivity index is 2.74. The quantitative estimate of drug-likeness (QED) is 0.673. The summed E-state index contributed by atoms with van der Waals surface area (Å²) in [6, 6.07) is 8.10. The number of phenols is 1. The van der Waals surface area contributed by atoms with Crippen molar-refractivity contribution in [2.45, 2.75) is 0 Å². The number of phenolic OH excluding ortho intramolecular Hbond substituents is 1. The average Bonchev–Trinajstić information content (AvgIpc) is 2.29. The van der Waals surface area contributed by atoms with Gasteiger partial charge < -0.3 is 5.11 Å². The molecular weight excluding hydrogens is 302 g/mol. The minimum Gasteiger partial charge on any atom is -0.507 e. The maximum absolute atomic E-state index is 9.81. The molecule has 2 aromatic carbocycles. The fourth-order valence-electron chi connectivity index (χ4n) is 1.50. The van der Waals surface area contributed by atoms with Crippen LogP contribution in [0.4, 0.5) is 0 Å². The van der Waals surface area contributed by atoms with E-state index in [0.29, 0.717) is 21.2 Å². The smallest absolute Gasteiger partial charge is 0.124 e. The molecule has 0 radical (unpaired) electrons.